The van der Waals surface area contributed by atoms with E-state index in [1.54, 1.807) is 12.1 Å². The Labute approximate surface area is 135 Å². The van der Waals surface area contributed by atoms with E-state index in [1.165, 1.54) is 6.07 Å². The van der Waals surface area contributed by atoms with Crippen LogP contribution in [0.2, 0.25) is 5.02 Å². The molecule has 5 heteroatoms. The third-order valence-electron chi connectivity index (χ3n) is 3.12. The summed E-state index contributed by atoms with van der Waals surface area (Å²) in [4.78, 5) is 0. The topological polar surface area (TPSA) is 30.5 Å². The van der Waals surface area contributed by atoms with Gasteiger partial charge in [-0.15, -0.1) is 0 Å². The fourth-order valence-corrected chi connectivity index (χ4v) is 2.29. The summed E-state index contributed by atoms with van der Waals surface area (Å²) in [6.45, 7) is 3.22. The van der Waals surface area contributed by atoms with Crippen molar-refractivity contribution in [3.05, 3.63) is 58.4 Å². The monoisotopic (exact) mass is 323 g/mol. The van der Waals surface area contributed by atoms with Gasteiger partial charge in [0.05, 0.1) is 11.6 Å². The maximum atomic E-state index is 13.8. The van der Waals surface area contributed by atoms with Gasteiger partial charge in [-0.3, -0.25) is 0 Å². The van der Waals surface area contributed by atoms with Gasteiger partial charge in [0, 0.05) is 12.1 Å². The number of halogens is 2. The van der Waals surface area contributed by atoms with Gasteiger partial charge < -0.3 is 14.8 Å². The van der Waals surface area contributed by atoms with Gasteiger partial charge in [0.15, 0.2) is 11.5 Å². The molecule has 0 heterocycles. The van der Waals surface area contributed by atoms with Crippen LogP contribution in [0.3, 0.4) is 0 Å². The minimum absolute atomic E-state index is 0.0525. The average Bonchev–Trinajstić information content (AvgIpc) is 2.49. The zero-order chi connectivity index (χ0) is 15.9. The fraction of sp³-hybridized carbons (Fsp3) is 0.294. The number of benzene rings is 2. The summed E-state index contributed by atoms with van der Waals surface area (Å²) in [7, 11) is 1.88. The van der Waals surface area contributed by atoms with Crippen molar-refractivity contribution >= 4 is 11.6 Å². The summed E-state index contributed by atoms with van der Waals surface area (Å²) in [5.74, 6) is 0.834. The Bertz CT molecular complexity index is 614. The van der Waals surface area contributed by atoms with Crippen molar-refractivity contribution in [1.82, 2.24) is 5.32 Å². The Morgan fingerprint density at radius 3 is 2.64 bits per heavy atom. The van der Waals surface area contributed by atoms with Gasteiger partial charge >= 0.3 is 0 Å². The molecule has 0 unspecified atom stereocenters. The molecule has 0 saturated heterocycles. The van der Waals surface area contributed by atoms with Crippen LogP contribution in [0, 0.1) is 5.82 Å². The molecule has 1 N–H and O–H groups in total. The summed E-state index contributed by atoms with van der Waals surface area (Å²) < 4.78 is 25.1. The van der Waals surface area contributed by atoms with E-state index in [2.05, 4.69) is 5.32 Å². The van der Waals surface area contributed by atoms with Crippen LogP contribution in [0.5, 0.6) is 11.5 Å². The molecule has 2 aromatic rings. The SMILES string of the molecule is CCOc1cc(CNC)ccc1OCc1c(F)cccc1Cl. The van der Waals surface area contributed by atoms with Crippen LogP contribution in [0.25, 0.3) is 0 Å². The molecule has 2 aromatic carbocycles. The van der Waals surface area contributed by atoms with E-state index in [-0.39, 0.29) is 12.4 Å². The molecule has 0 saturated carbocycles. The predicted octanol–water partition coefficient (Wildman–Crippen LogP) is 4.18. The molecule has 0 radical (unpaired) electrons. The average molecular weight is 324 g/mol. The number of rotatable bonds is 7. The third kappa shape index (κ3) is 4.12. The van der Waals surface area contributed by atoms with Crippen LogP contribution in [0.4, 0.5) is 4.39 Å². The summed E-state index contributed by atoms with van der Waals surface area (Å²) >= 11 is 6.00. The molecule has 0 atom stereocenters. The molecule has 22 heavy (non-hydrogen) atoms. The molecule has 0 aliphatic heterocycles. The molecule has 0 aromatic heterocycles. The van der Waals surface area contributed by atoms with Gasteiger partial charge in [0.25, 0.3) is 0 Å². The molecule has 0 bridgehead atoms. The van der Waals surface area contributed by atoms with Gasteiger partial charge in [-0.05, 0) is 43.8 Å². The second-order valence-corrected chi connectivity index (χ2v) is 5.14. The minimum atomic E-state index is -0.378. The van der Waals surface area contributed by atoms with Gasteiger partial charge in [-0.1, -0.05) is 23.7 Å². The van der Waals surface area contributed by atoms with Gasteiger partial charge in [-0.25, -0.2) is 4.39 Å². The number of hydrogen-bond acceptors (Lipinski definition) is 3. The summed E-state index contributed by atoms with van der Waals surface area (Å²) in [6, 6.07) is 10.3. The number of nitrogens with one attached hydrogen (secondary N) is 1. The van der Waals surface area contributed by atoms with Crippen LogP contribution in [-0.2, 0) is 13.2 Å². The van der Waals surface area contributed by atoms with Crippen molar-refractivity contribution in [2.24, 2.45) is 0 Å². The first kappa shape index (κ1) is 16.6. The highest BCUT2D eigenvalue weighted by Gasteiger charge is 2.11. The van der Waals surface area contributed by atoms with E-state index in [4.69, 9.17) is 21.1 Å². The summed E-state index contributed by atoms with van der Waals surface area (Å²) in [5.41, 5.74) is 1.42. The van der Waals surface area contributed by atoms with E-state index in [1.807, 2.05) is 32.2 Å². The van der Waals surface area contributed by atoms with Crippen molar-refractivity contribution < 1.29 is 13.9 Å². The Morgan fingerprint density at radius 2 is 1.95 bits per heavy atom. The first-order chi connectivity index (χ1) is 10.7. The van der Waals surface area contributed by atoms with Gasteiger partial charge in [0.2, 0.25) is 0 Å². The molecule has 118 valence electrons. The van der Waals surface area contributed by atoms with Crippen molar-refractivity contribution in [2.45, 2.75) is 20.1 Å². The van der Waals surface area contributed by atoms with Crippen LogP contribution < -0.4 is 14.8 Å². The molecule has 0 amide bonds. The van der Waals surface area contributed by atoms with E-state index >= 15 is 0 Å². The van der Waals surface area contributed by atoms with Crippen LogP contribution in [0.15, 0.2) is 36.4 Å². The molecule has 2 rings (SSSR count). The molecule has 0 aliphatic carbocycles. The van der Waals surface area contributed by atoms with E-state index in [9.17, 15) is 4.39 Å². The lowest BCUT2D eigenvalue weighted by Gasteiger charge is -2.14. The largest absolute Gasteiger partial charge is 0.490 e. The normalized spacial score (nSPS) is 10.5. The van der Waals surface area contributed by atoms with Crippen molar-refractivity contribution in [3.63, 3.8) is 0 Å². The lowest BCUT2D eigenvalue weighted by Crippen LogP contribution is -2.06. The lowest BCUT2D eigenvalue weighted by atomic mass is 10.2. The van der Waals surface area contributed by atoms with Gasteiger partial charge in [-0.2, -0.15) is 0 Å². The molecule has 3 nitrogen and oxygen atoms in total. The van der Waals surface area contributed by atoms with Gasteiger partial charge in [0.1, 0.15) is 12.4 Å². The highest BCUT2D eigenvalue weighted by atomic mass is 35.5. The Morgan fingerprint density at radius 1 is 1.14 bits per heavy atom. The van der Waals surface area contributed by atoms with E-state index < -0.39 is 0 Å². The first-order valence-electron chi connectivity index (χ1n) is 7.11. The minimum Gasteiger partial charge on any atom is -0.490 e. The van der Waals surface area contributed by atoms with E-state index in [0.29, 0.717) is 28.7 Å². The highest BCUT2D eigenvalue weighted by molar-refractivity contribution is 6.31. The Hall–Kier alpha value is -1.78. The fourth-order valence-electron chi connectivity index (χ4n) is 2.07. The van der Waals surface area contributed by atoms with Crippen molar-refractivity contribution in [3.8, 4) is 11.5 Å². The quantitative estimate of drug-likeness (QED) is 0.829. The maximum absolute atomic E-state index is 13.8. The third-order valence-corrected chi connectivity index (χ3v) is 3.48. The molecule has 0 aliphatic rings. The Kier molecular flexibility index (Phi) is 6.04. The number of ether oxygens (including phenoxy) is 2. The zero-order valence-corrected chi connectivity index (χ0v) is 13.4. The first-order valence-corrected chi connectivity index (χ1v) is 7.49. The smallest absolute Gasteiger partial charge is 0.161 e. The zero-order valence-electron chi connectivity index (χ0n) is 12.7. The van der Waals surface area contributed by atoms with Crippen LogP contribution in [-0.4, -0.2) is 13.7 Å². The second kappa shape index (κ2) is 8.01. The standard InChI is InChI=1S/C17H19ClFNO2/c1-3-21-17-9-12(10-20-2)7-8-16(17)22-11-13-14(18)5-4-6-15(13)19/h4-9,20H,3,10-11H2,1-2H3. The molecular formula is C17H19ClFNO2. The summed E-state index contributed by atoms with van der Waals surface area (Å²) in [5, 5.41) is 3.43. The molecule has 0 spiro atoms. The summed E-state index contributed by atoms with van der Waals surface area (Å²) in [6.07, 6.45) is 0. The number of hydrogen-bond donors (Lipinski definition) is 1. The predicted molar refractivity (Wildman–Crippen MR) is 86.1 cm³/mol. The molecule has 0 fully saturated rings. The molecular weight excluding hydrogens is 305 g/mol. The van der Waals surface area contributed by atoms with Crippen LogP contribution in [0.1, 0.15) is 18.1 Å². The Balaban J connectivity index is 2.18. The van der Waals surface area contributed by atoms with Crippen molar-refractivity contribution in [1.29, 1.82) is 0 Å². The van der Waals surface area contributed by atoms with Crippen molar-refractivity contribution in [2.75, 3.05) is 13.7 Å². The highest BCUT2D eigenvalue weighted by Crippen LogP contribution is 2.30. The lowest BCUT2D eigenvalue weighted by molar-refractivity contribution is 0.265. The van der Waals surface area contributed by atoms with Crippen LogP contribution >= 0.6 is 11.6 Å². The van der Waals surface area contributed by atoms with E-state index in [0.717, 1.165) is 12.1 Å². The maximum Gasteiger partial charge on any atom is 0.161 e. The second-order valence-electron chi connectivity index (χ2n) is 4.73.